The van der Waals surface area contributed by atoms with Gasteiger partial charge in [-0.2, -0.15) is 0 Å². The van der Waals surface area contributed by atoms with Gasteiger partial charge in [0, 0.05) is 24.4 Å². The van der Waals surface area contributed by atoms with Gasteiger partial charge in [0.2, 0.25) is 0 Å². The van der Waals surface area contributed by atoms with Gasteiger partial charge in [-0.3, -0.25) is 4.79 Å². The van der Waals surface area contributed by atoms with Crippen LogP contribution >= 0.6 is 22.6 Å². The van der Waals surface area contributed by atoms with Crippen LogP contribution < -0.4 is 9.64 Å². The van der Waals surface area contributed by atoms with Crippen LogP contribution in [-0.2, 0) is 0 Å². The molecular weight excluding hydrogens is 369 g/mol. The summed E-state index contributed by atoms with van der Waals surface area (Å²) in [6.45, 7) is 0. The van der Waals surface area contributed by atoms with Crippen molar-refractivity contribution in [3.05, 3.63) is 51.6 Å². The molecule has 20 heavy (non-hydrogen) atoms. The number of phenols is 1. The maximum atomic E-state index is 12.4. The average molecular weight is 383 g/mol. The van der Waals surface area contributed by atoms with E-state index in [9.17, 15) is 9.90 Å². The second-order valence-electron chi connectivity index (χ2n) is 4.23. The number of amides is 1. The van der Waals surface area contributed by atoms with Gasteiger partial charge < -0.3 is 14.7 Å². The molecule has 4 nitrogen and oxygen atoms in total. The smallest absolute Gasteiger partial charge is 0.258 e. The molecule has 2 aromatic rings. The first kappa shape index (κ1) is 14.6. The normalized spacial score (nSPS) is 10.2. The van der Waals surface area contributed by atoms with E-state index in [0.29, 0.717) is 14.9 Å². The van der Waals surface area contributed by atoms with Crippen molar-refractivity contribution < 1.29 is 14.6 Å². The molecule has 0 aromatic heterocycles. The van der Waals surface area contributed by atoms with Gasteiger partial charge >= 0.3 is 0 Å². The van der Waals surface area contributed by atoms with Gasteiger partial charge in [0.05, 0.1) is 10.7 Å². The minimum Gasteiger partial charge on any atom is -0.507 e. The first-order valence-corrected chi connectivity index (χ1v) is 7.01. The van der Waals surface area contributed by atoms with Crippen LogP contribution in [0.1, 0.15) is 10.4 Å². The molecule has 0 saturated carbocycles. The van der Waals surface area contributed by atoms with Gasteiger partial charge in [0.25, 0.3) is 5.91 Å². The van der Waals surface area contributed by atoms with Crippen molar-refractivity contribution in [3.8, 4) is 11.5 Å². The van der Waals surface area contributed by atoms with E-state index in [1.54, 1.807) is 32.4 Å². The van der Waals surface area contributed by atoms with Crippen LogP contribution in [0.2, 0.25) is 0 Å². The molecule has 1 N–H and O–H groups in total. The second-order valence-corrected chi connectivity index (χ2v) is 5.39. The molecule has 0 saturated heterocycles. The Morgan fingerprint density at radius 1 is 1.25 bits per heavy atom. The molecule has 0 aliphatic rings. The molecule has 0 unspecified atom stereocenters. The molecule has 2 rings (SSSR count). The SMILES string of the molecule is COc1cccc(N(C)C(=O)c2ccc(I)c(O)c2)c1. The molecule has 0 aliphatic heterocycles. The number of benzene rings is 2. The first-order valence-electron chi connectivity index (χ1n) is 5.93. The molecule has 1 amide bonds. The number of methoxy groups -OCH3 is 1. The number of phenolic OH excluding ortho intramolecular Hbond substituents is 1. The number of hydrogen-bond acceptors (Lipinski definition) is 3. The van der Waals surface area contributed by atoms with E-state index in [4.69, 9.17) is 4.74 Å². The minimum atomic E-state index is -0.190. The van der Waals surface area contributed by atoms with Crippen molar-refractivity contribution in [2.45, 2.75) is 0 Å². The van der Waals surface area contributed by atoms with Gasteiger partial charge in [-0.15, -0.1) is 0 Å². The highest BCUT2D eigenvalue weighted by Crippen LogP contribution is 2.24. The van der Waals surface area contributed by atoms with Crippen LogP contribution in [0, 0.1) is 3.57 Å². The highest BCUT2D eigenvalue weighted by Gasteiger charge is 2.15. The lowest BCUT2D eigenvalue weighted by molar-refractivity contribution is 0.0992. The monoisotopic (exact) mass is 383 g/mol. The maximum Gasteiger partial charge on any atom is 0.258 e. The summed E-state index contributed by atoms with van der Waals surface area (Å²) in [4.78, 5) is 13.9. The highest BCUT2D eigenvalue weighted by molar-refractivity contribution is 14.1. The lowest BCUT2D eigenvalue weighted by Crippen LogP contribution is -2.26. The predicted octanol–water partition coefficient (Wildman–Crippen LogP) is 3.28. The van der Waals surface area contributed by atoms with E-state index in [-0.39, 0.29) is 11.7 Å². The summed E-state index contributed by atoms with van der Waals surface area (Å²) in [5, 5.41) is 9.69. The van der Waals surface area contributed by atoms with Crippen LogP contribution in [0.4, 0.5) is 5.69 Å². The fourth-order valence-corrected chi connectivity index (χ4v) is 2.11. The third-order valence-corrected chi connectivity index (χ3v) is 3.85. The number of nitrogens with zero attached hydrogens (tertiary/aromatic N) is 1. The van der Waals surface area contributed by atoms with Crippen molar-refractivity contribution in [1.82, 2.24) is 0 Å². The molecule has 0 fully saturated rings. The number of aromatic hydroxyl groups is 1. The van der Waals surface area contributed by atoms with Crippen LogP contribution in [0.5, 0.6) is 11.5 Å². The zero-order valence-electron chi connectivity index (χ0n) is 11.1. The summed E-state index contributed by atoms with van der Waals surface area (Å²) in [5.74, 6) is 0.605. The summed E-state index contributed by atoms with van der Waals surface area (Å²) in [5.41, 5.74) is 1.17. The number of hydrogen-bond donors (Lipinski definition) is 1. The Bertz CT molecular complexity index is 643. The largest absolute Gasteiger partial charge is 0.507 e. The van der Waals surface area contributed by atoms with Crippen molar-refractivity contribution in [2.24, 2.45) is 0 Å². The number of carbonyl (C=O) groups excluding carboxylic acids is 1. The fraction of sp³-hybridized carbons (Fsp3) is 0.133. The Labute approximate surface area is 131 Å². The maximum absolute atomic E-state index is 12.4. The highest BCUT2D eigenvalue weighted by atomic mass is 127. The van der Waals surface area contributed by atoms with Crippen molar-refractivity contribution in [1.29, 1.82) is 0 Å². The van der Waals surface area contributed by atoms with E-state index in [0.717, 1.165) is 5.69 Å². The Hall–Kier alpha value is -1.76. The van der Waals surface area contributed by atoms with Crippen molar-refractivity contribution >= 4 is 34.2 Å². The quantitative estimate of drug-likeness (QED) is 0.828. The van der Waals surface area contributed by atoms with Gasteiger partial charge in [0.1, 0.15) is 11.5 Å². The van der Waals surface area contributed by atoms with E-state index in [2.05, 4.69) is 0 Å². The Morgan fingerprint density at radius 2 is 2.00 bits per heavy atom. The summed E-state index contributed by atoms with van der Waals surface area (Å²) in [6.07, 6.45) is 0. The lowest BCUT2D eigenvalue weighted by Gasteiger charge is -2.18. The van der Waals surface area contributed by atoms with Crippen LogP contribution in [0.15, 0.2) is 42.5 Å². The van der Waals surface area contributed by atoms with Gasteiger partial charge in [0.15, 0.2) is 0 Å². The topological polar surface area (TPSA) is 49.8 Å². The molecule has 104 valence electrons. The summed E-state index contributed by atoms with van der Waals surface area (Å²) in [6, 6.07) is 12.1. The first-order chi connectivity index (χ1) is 9.52. The fourth-order valence-electron chi connectivity index (χ4n) is 1.78. The summed E-state index contributed by atoms with van der Waals surface area (Å²) < 4.78 is 5.86. The molecule has 0 heterocycles. The van der Waals surface area contributed by atoms with Gasteiger partial charge in [-0.05, 0) is 52.9 Å². The summed E-state index contributed by atoms with van der Waals surface area (Å²) >= 11 is 2.01. The number of ether oxygens (including phenoxy) is 1. The Balaban J connectivity index is 2.29. The molecule has 0 spiro atoms. The molecule has 0 bridgehead atoms. The Kier molecular flexibility index (Phi) is 4.49. The van der Waals surface area contributed by atoms with Crippen LogP contribution in [0.3, 0.4) is 0 Å². The van der Waals surface area contributed by atoms with Crippen molar-refractivity contribution in [3.63, 3.8) is 0 Å². The molecule has 0 radical (unpaired) electrons. The molecule has 0 aliphatic carbocycles. The van der Waals surface area contributed by atoms with E-state index in [1.165, 1.54) is 11.0 Å². The zero-order valence-corrected chi connectivity index (χ0v) is 13.3. The number of rotatable bonds is 3. The van der Waals surface area contributed by atoms with Crippen LogP contribution in [-0.4, -0.2) is 25.2 Å². The number of carbonyl (C=O) groups is 1. The zero-order chi connectivity index (χ0) is 14.7. The van der Waals surface area contributed by atoms with E-state index >= 15 is 0 Å². The second kappa shape index (κ2) is 6.13. The average Bonchev–Trinajstić information content (AvgIpc) is 2.48. The third kappa shape index (κ3) is 3.04. The molecular formula is C15H14INO3. The minimum absolute atomic E-state index is 0.107. The predicted molar refractivity (Wildman–Crippen MR) is 86.6 cm³/mol. The van der Waals surface area contributed by atoms with Gasteiger partial charge in [-0.1, -0.05) is 6.07 Å². The Morgan fingerprint density at radius 3 is 2.65 bits per heavy atom. The van der Waals surface area contributed by atoms with Crippen LogP contribution in [0.25, 0.3) is 0 Å². The van der Waals surface area contributed by atoms with Gasteiger partial charge in [-0.25, -0.2) is 0 Å². The number of halogens is 1. The lowest BCUT2D eigenvalue weighted by atomic mass is 10.1. The molecule has 0 atom stereocenters. The van der Waals surface area contributed by atoms with Crippen molar-refractivity contribution in [2.75, 3.05) is 19.1 Å². The molecule has 2 aromatic carbocycles. The van der Waals surface area contributed by atoms with E-state index in [1.807, 2.05) is 40.8 Å². The standard InChI is InChI=1S/C15H14INO3/c1-17(11-4-3-5-12(9-11)20-2)15(19)10-6-7-13(16)14(18)8-10/h3-9,18H,1-2H3. The third-order valence-electron chi connectivity index (χ3n) is 2.94. The van der Waals surface area contributed by atoms with E-state index < -0.39 is 0 Å². The number of anilines is 1. The summed E-state index contributed by atoms with van der Waals surface area (Å²) in [7, 11) is 3.27. The molecule has 5 heteroatoms.